The molecule has 37 heavy (non-hydrogen) atoms. The number of nitrogens with one attached hydrogen (secondary N) is 1. The van der Waals surface area contributed by atoms with Crippen LogP contribution in [0.5, 0.6) is 0 Å². The van der Waals surface area contributed by atoms with Crippen molar-refractivity contribution in [2.75, 3.05) is 6.54 Å². The highest BCUT2D eigenvalue weighted by molar-refractivity contribution is 6.20. The van der Waals surface area contributed by atoms with Crippen LogP contribution < -0.4 is 5.32 Å². The maximum Gasteiger partial charge on any atom is 0.331 e. The molecule has 1 heterocycles. The fourth-order valence-electron chi connectivity index (χ4n) is 3.54. The van der Waals surface area contributed by atoms with E-state index in [0.29, 0.717) is 4.90 Å². The first-order valence-electron chi connectivity index (χ1n) is 10.8. The maximum absolute atomic E-state index is 13.2. The molecule has 1 N–H and O–H groups in total. The molecule has 0 atom stereocenters. The van der Waals surface area contributed by atoms with Crippen LogP contribution in [0.25, 0.3) is 11.0 Å². The number of aromatic nitrogens is 2. The van der Waals surface area contributed by atoms with Gasteiger partial charge in [0.05, 0.1) is 27.2 Å². The van der Waals surface area contributed by atoms with E-state index in [1.807, 2.05) is 24.3 Å². The van der Waals surface area contributed by atoms with Crippen LogP contribution in [0.4, 0.5) is 16.2 Å². The third kappa shape index (κ3) is 5.30. The quantitative estimate of drug-likeness (QED) is 0.227. The van der Waals surface area contributed by atoms with Gasteiger partial charge in [0.2, 0.25) is 0 Å². The van der Waals surface area contributed by atoms with E-state index in [4.69, 9.17) is 0 Å². The first kappa shape index (κ1) is 24.7. The number of nitro groups is 2. The largest absolute Gasteiger partial charge is 0.335 e. The Hall–Kier alpha value is -5.46. The second-order valence-corrected chi connectivity index (χ2v) is 7.71. The highest BCUT2D eigenvalue weighted by Crippen LogP contribution is 2.18. The summed E-state index contributed by atoms with van der Waals surface area (Å²) < 4.78 is 1.79. The van der Waals surface area contributed by atoms with Gasteiger partial charge < -0.3 is 9.88 Å². The number of para-hydroxylation sites is 2. The number of non-ortho nitro benzene ring substituents is 2. The summed E-state index contributed by atoms with van der Waals surface area (Å²) in [6.07, 6.45) is 1.60. The zero-order valence-electron chi connectivity index (χ0n) is 19.0. The third-order valence-electron chi connectivity index (χ3n) is 5.42. The molecular weight excluding hydrogens is 484 g/mol. The molecule has 3 aromatic carbocycles. The predicted molar refractivity (Wildman–Crippen MR) is 130 cm³/mol. The van der Waals surface area contributed by atoms with Gasteiger partial charge in [0.1, 0.15) is 0 Å². The summed E-state index contributed by atoms with van der Waals surface area (Å²) in [6.45, 7) is 0.328. The number of carbonyl (C=O) groups is 3. The molecule has 4 rings (SSSR count). The molecule has 4 aromatic rings. The van der Waals surface area contributed by atoms with Crippen LogP contribution >= 0.6 is 0 Å². The normalized spacial score (nSPS) is 10.6. The number of urea groups is 1. The smallest absolute Gasteiger partial charge is 0.331 e. The van der Waals surface area contributed by atoms with Crippen LogP contribution in [0.1, 0.15) is 20.7 Å². The molecule has 0 aliphatic carbocycles. The Labute approximate surface area is 208 Å². The summed E-state index contributed by atoms with van der Waals surface area (Å²) in [5.41, 5.74) is 0.756. The van der Waals surface area contributed by atoms with E-state index in [2.05, 4.69) is 10.3 Å². The number of carbonyl (C=O) groups excluding carboxylic acids is 3. The number of nitrogens with zero attached hydrogens (tertiary/aromatic N) is 5. The molecule has 13 nitrogen and oxygen atoms in total. The number of benzene rings is 3. The van der Waals surface area contributed by atoms with Gasteiger partial charge in [-0.15, -0.1) is 0 Å². The minimum atomic E-state index is -1.03. The van der Waals surface area contributed by atoms with Crippen molar-refractivity contribution < 1.29 is 24.2 Å². The van der Waals surface area contributed by atoms with Crippen LogP contribution in [-0.2, 0) is 6.54 Å². The average molecular weight is 502 g/mol. The average Bonchev–Trinajstić information content (AvgIpc) is 3.32. The van der Waals surface area contributed by atoms with Crippen LogP contribution in [0.3, 0.4) is 0 Å². The molecule has 13 heteroatoms. The van der Waals surface area contributed by atoms with Crippen molar-refractivity contribution in [2.45, 2.75) is 6.54 Å². The number of nitro benzene ring substituents is 2. The van der Waals surface area contributed by atoms with E-state index in [-0.39, 0.29) is 35.6 Å². The second-order valence-electron chi connectivity index (χ2n) is 7.71. The summed E-state index contributed by atoms with van der Waals surface area (Å²) in [4.78, 5) is 64.6. The number of rotatable bonds is 7. The van der Waals surface area contributed by atoms with Gasteiger partial charge in [-0.1, -0.05) is 12.1 Å². The summed E-state index contributed by atoms with van der Waals surface area (Å²) >= 11 is 0. The molecule has 0 bridgehead atoms. The van der Waals surface area contributed by atoms with Gasteiger partial charge in [-0.2, -0.15) is 4.90 Å². The first-order valence-corrected chi connectivity index (χ1v) is 10.8. The first-order chi connectivity index (χ1) is 17.8. The number of fused-ring (bicyclic) bond motifs is 1. The SMILES string of the molecule is O=C(NCCn1cnc2ccccc21)N(C(=O)c1ccc([N+](=O)[O-])cc1)C(=O)c1ccc([N+](=O)[O-])cc1. The summed E-state index contributed by atoms with van der Waals surface area (Å²) in [7, 11) is 0. The van der Waals surface area contributed by atoms with Crippen molar-refractivity contribution in [3.63, 3.8) is 0 Å². The lowest BCUT2D eigenvalue weighted by atomic mass is 10.1. The van der Waals surface area contributed by atoms with Crippen molar-refractivity contribution in [3.05, 3.63) is 110 Å². The molecule has 0 unspecified atom stereocenters. The van der Waals surface area contributed by atoms with Gasteiger partial charge in [-0.05, 0) is 36.4 Å². The number of hydrogen-bond donors (Lipinski definition) is 1. The van der Waals surface area contributed by atoms with E-state index in [0.717, 1.165) is 59.6 Å². The van der Waals surface area contributed by atoms with Gasteiger partial charge in [0.25, 0.3) is 23.2 Å². The van der Waals surface area contributed by atoms with Gasteiger partial charge >= 0.3 is 6.03 Å². The minimum Gasteiger partial charge on any atom is -0.335 e. The molecule has 0 radical (unpaired) electrons. The van der Waals surface area contributed by atoms with Gasteiger partial charge in [-0.3, -0.25) is 29.8 Å². The lowest BCUT2D eigenvalue weighted by molar-refractivity contribution is -0.385. The Morgan fingerprint density at radius 3 is 1.84 bits per heavy atom. The standard InChI is InChI=1S/C24H18N6O7/c31-22(16-5-9-18(10-6-16)29(34)35)28(23(32)17-7-11-19(12-8-17)30(36)37)24(33)25-13-14-27-15-26-20-3-1-2-4-21(20)27/h1-12,15H,13-14H2,(H,25,33). The lowest BCUT2D eigenvalue weighted by Gasteiger charge is -2.20. The molecule has 1 aromatic heterocycles. The topological polar surface area (TPSA) is 171 Å². The fourth-order valence-corrected chi connectivity index (χ4v) is 3.54. The van der Waals surface area contributed by atoms with Crippen molar-refractivity contribution in [3.8, 4) is 0 Å². The third-order valence-corrected chi connectivity index (χ3v) is 5.42. The molecule has 0 aliphatic rings. The zero-order valence-corrected chi connectivity index (χ0v) is 19.0. The lowest BCUT2D eigenvalue weighted by Crippen LogP contribution is -2.48. The number of imide groups is 3. The van der Waals surface area contributed by atoms with E-state index >= 15 is 0 Å². The predicted octanol–water partition coefficient (Wildman–Crippen LogP) is 3.55. The molecule has 0 saturated heterocycles. The maximum atomic E-state index is 13.2. The Morgan fingerprint density at radius 2 is 1.32 bits per heavy atom. The van der Waals surface area contributed by atoms with E-state index < -0.39 is 27.7 Å². The van der Waals surface area contributed by atoms with Gasteiger partial charge in [-0.25, -0.2) is 9.78 Å². The Morgan fingerprint density at radius 1 is 0.811 bits per heavy atom. The number of hydrogen-bond acceptors (Lipinski definition) is 8. The van der Waals surface area contributed by atoms with Crippen LogP contribution in [-0.4, -0.2) is 48.7 Å². The minimum absolute atomic E-state index is 0.0385. The Kier molecular flexibility index (Phi) is 6.95. The summed E-state index contributed by atoms with van der Waals surface area (Å²) in [6, 6.07) is 15.1. The second kappa shape index (κ2) is 10.4. The molecule has 4 amide bonds. The molecule has 186 valence electrons. The van der Waals surface area contributed by atoms with Crippen molar-refractivity contribution in [1.82, 2.24) is 19.8 Å². The Bertz CT molecular complexity index is 1440. The van der Waals surface area contributed by atoms with E-state index in [1.165, 1.54) is 0 Å². The van der Waals surface area contributed by atoms with Crippen LogP contribution in [0, 0.1) is 20.2 Å². The molecular formula is C24H18N6O7. The molecule has 0 fully saturated rings. The number of amides is 4. The van der Waals surface area contributed by atoms with Gasteiger partial charge in [0.15, 0.2) is 0 Å². The highest BCUT2D eigenvalue weighted by atomic mass is 16.6. The van der Waals surface area contributed by atoms with Gasteiger partial charge in [0, 0.05) is 48.5 Å². The van der Waals surface area contributed by atoms with Crippen LogP contribution in [0.2, 0.25) is 0 Å². The van der Waals surface area contributed by atoms with Crippen molar-refractivity contribution in [1.29, 1.82) is 0 Å². The summed E-state index contributed by atoms with van der Waals surface area (Å²) in [5.74, 6) is -2.05. The van der Waals surface area contributed by atoms with Crippen molar-refractivity contribution in [2.24, 2.45) is 0 Å². The van der Waals surface area contributed by atoms with Crippen LogP contribution in [0.15, 0.2) is 79.1 Å². The zero-order chi connectivity index (χ0) is 26.5. The van der Waals surface area contributed by atoms with Crippen molar-refractivity contribution >= 4 is 40.3 Å². The van der Waals surface area contributed by atoms with E-state index in [1.54, 1.807) is 10.9 Å². The number of imidazole rings is 1. The highest BCUT2D eigenvalue weighted by Gasteiger charge is 2.31. The fraction of sp³-hybridized carbons (Fsp3) is 0.0833. The Balaban J connectivity index is 1.57. The summed E-state index contributed by atoms with van der Waals surface area (Å²) in [5, 5.41) is 24.4. The molecule has 0 aliphatic heterocycles. The molecule has 0 saturated carbocycles. The monoisotopic (exact) mass is 502 g/mol. The molecule has 0 spiro atoms. The van der Waals surface area contributed by atoms with E-state index in [9.17, 15) is 34.6 Å².